The van der Waals surface area contributed by atoms with Crippen molar-refractivity contribution < 1.29 is 18.0 Å². The summed E-state index contributed by atoms with van der Waals surface area (Å²) in [5.74, 6) is -0.405. The fourth-order valence-electron chi connectivity index (χ4n) is 4.14. The van der Waals surface area contributed by atoms with Gasteiger partial charge in [-0.25, -0.2) is 8.42 Å². The molecule has 0 aliphatic carbocycles. The molecule has 204 valence electrons. The standard InChI is InChI=1S/C28H40ClN3O4S/c1-5-8-19-30-28(34)26(7-3)31(21-23-12-9-10-13-25(23)29)27(33)14-11-20-32(37(4,35)36)24-17-15-22(6-2)16-18-24/h9-10,12-13,15-18,26H,5-8,11,14,19-21H2,1-4H3,(H,30,34)/t26-/m0/s1. The molecule has 9 heteroatoms. The fourth-order valence-corrected chi connectivity index (χ4v) is 5.30. The van der Waals surface area contributed by atoms with Gasteiger partial charge in [0.2, 0.25) is 21.8 Å². The van der Waals surface area contributed by atoms with Crippen LogP contribution in [0.15, 0.2) is 48.5 Å². The molecule has 2 aromatic rings. The van der Waals surface area contributed by atoms with Gasteiger partial charge in [-0.15, -0.1) is 0 Å². The summed E-state index contributed by atoms with van der Waals surface area (Å²) in [4.78, 5) is 28.0. The zero-order valence-corrected chi connectivity index (χ0v) is 23.9. The molecule has 2 amide bonds. The lowest BCUT2D eigenvalue weighted by Crippen LogP contribution is -2.49. The maximum atomic E-state index is 13.5. The monoisotopic (exact) mass is 549 g/mol. The second kappa shape index (κ2) is 15.0. The van der Waals surface area contributed by atoms with Crippen LogP contribution in [0.4, 0.5) is 5.69 Å². The highest BCUT2D eigenvalue weighted by molar-refractivity contribution is 7.92. The molecule has 0 unspecified atom stereocenters. The number of nitrogens with one attached hydrogen (secondary N) is 1. The summed E-state index contributed by atoms with van der Waals surface area (Å²) in [6, 6.07) is 14.0. The molecule has 7 nitrogen and oxygen atoms in total. The van der Waals surface area contributed by atoms with E-state index in [-0.39, 0.29) is 31.3 Å². The number of hydrogen-bond acceptors (Lipinski definition) is 4. The van der Waals surface area contributed by atoms with Crippen molar-refractivity contribution in [1.29, 1.82) is 0 Å². The minimum atomic E-state index is -3.53. The minimum absolute atomic E-state index is 0.0995. The molecule has 0 aromatic heterocycles. The third-order valence-corrected chi connectivity index (χ3v) is 7.86. The van der Waals surface area contributed by atoms with Crippen molar-refractivity contribution in [2.75, 3.05) is 23.7 Å². The maximum absolute atomic E-state index is 13.5. The summed E-state index contributed by atoms with van der Waals surface area (Å²) in [7, 11) is -3.53. The summed E-state index contributed by atoms with van der Waals surface area (Å²) in [6.07, 6.45) is 4.71. The Labute approximate surface area is 227 Å². The Morgan fingerprint density at radius 3 is 2.24 bits per heavy atom. The first-order valence-electron chi connectivity index (χ1n) is 13.0. The van der Waals surface area contributed by atoms with Gasteiger partial charge in [0.15, 0.2) is 0 Å². The number of hydrogen-bond donors (Lipinski definition) is 1. The molecule has 0 spiro atoms. The van der Waals surface area contributed by atoms with Crippen molar-refractivity contribution in [3.63, 3.8) is 0 Å². The normalized spacial score (nSPS) is 12.1. The van der Waals surface area contributed by atoms with Crippen LogP contribution in [0.2, 0.25) is 5.02 Å². The lowest BCUT2D eigenvalue weighted by molar-refractivity contribution is -0.141. The Morgan fingerprint density at radius 2 is 1.68 bits per heavy atom. The number of benzene rings is 2. The summed E-state index contributed by atoms with van der Waals surface area (Å²) in [5, 5.41) is 3.47. The number of rotatable bonds is 15. The Hall–Kier alpha value is -2.58. The largest absolute Gasteiger partial charge is 0.354 e. The van der Waals surface area contributed by atoms with Gasteiger partial charge in [0.25, 0.3) is 0 Å². The van der Waals surface area contributed by atoms with Gasteiger partial charge in [-0.3, -0.25) is 13.9 Å². The lowest BCUT2D eigenvalue weighted by atomic mass is 10.1. The van der Waals surface area contributed by atoms with Gasteiger partial charge >= 0.3 is 0 Å². The maximum Gasteiger partial charge on any atom is 0.242 e. The van der Waals surface area contributed by atoms with Crippen LogP contribution in [-0.4, -0.2) is 50.5 Å². The van der Waals surface area contributed by atoms with Crippen molar-refractivity contribution >= 4 is 39.1 Å². The van der Waals surface area contributed by atoms with Crippen LogP contribution in [0, 0.1) is 0 Å². The molecule has 1 atom stereocenters. The van der Waals surface area contributed by atoms with Crippen molar-refractivity contribution in [3.05, 3.63) is 64.7 Å². The predicted molar refractivity (Wildman–Crippen MR) is 151 cm³/mol. The summed E-state index contributed by atoms with van der Waals surface area (Å²) in [6.45, 7) is 6.88. The van der Waals surface area contributed by atoms with E-state index in [0.29, 0.717) is 30.1 Å². The van der Waals surface area contributed by atoms with Crippen molar-refractivity contribution in [2.24, 2.45) is 0 Å². The predicted octanol–water partition coefficient (Wildman–Crippen LogP) is 5.17. The van der Waals surface area contributed by atoms with Gasteiger partial charge in [0, 0.05) is 31.1 Å². The summed E-state index contributed by atoms with van der Waals surface area (Å²) in [5.41, 5.74) is 2.44. The highest BCUT2D eigenvalue weighted by Gasteiger charge is 2.29. The molecular weight excluding hydrogens is 510 g/mol. The van der Waals surface area contributed by atoms with E-state index in [0.717, 1.165) is 30.4 Å². The molecule has 0 heterocycles. The molecule has 2 rings (SSSR count). The van der Waals surface area contributed by atoms with Gasteiger partial charge < -0.3 is 10.2 Å². The van der Waals surface area contributed by atoms with E-state index in [1.54, 1.807) is 23.1 Å². The number of amides is 2. The van der Waals surface area contributed by atoms with Gasteiger partial charge in [0.1, 0.15) is 6.04 Å². The first kappa shape index (κ1) is 30.6. The Morgan fingerprint density at radius 1 is 1.00 bits per heavy atom. The van der Waals surface area contributed by atoms with Gasteiger partial charge in [-0.05, 0) is 55.0 Å². The van der Waals surface area contributed by atoms with E-state index in [1.165, 1.54) is 10.6 Å². The quantitative estimate of drug-likeness (QED) is 0.310. The average molecular weight is 550 g/mol. The second-order valence-electron chi connectivity index (χ2n) is 9.14. The highest BCUT2D eigenvalue weighted by atomic mass is 35.5. The first-order chi connectivity index (χ1) is 17.6. The number of aryl methyl sites for hydroxylation is 1. The van der Waals surface area contributed by atoms with Crippen LogP contribution in [-0.2, 0) is 32.6 Å². The van der Waals surface area contributed by atoms with Crippen LogP contribution in [0.3, 0.4) is 0 Å². The molecule has 0 bridgehead atoms. The van der Waals surface area contributed by atoms with Gasteiger partial charge in [0.05, 0.1) is 11.9 Å². The molecule has 37 heavy (non-hydrogen) atoms. The fraction of sp³-hybridized carbons (Fsp3) is 0.500. The van der Waals surface area contributed by atoms with Crippen molar-refractivity contribution in [1.82, 2.24) is 10.2 Å². The number of nitrogens with zero attached hydrogens (tertiary/aromatic N) is 2. The molecular formula is C28H40ClN3O4S. The SMILES string of the molecule is CCCCNC(=O)[C@H](CC)N(Cc1ccccc1Cl)C(=O)CCCN(c1ccc(CC)cc1)S(C)(=O)=O. The van der Waals surface area contributed by atoms with Crippen molar-refractivity contribution in [2.45, 2.75) is 71.9 Å². The van der Waals surface area contributed by atoms with Crippen LogP contribution >= 0.6 is 11.6 Å². The van der Waals surface area contributed by atoms with E-state index in [2.05, 4.69) is 12.2 Å². The van der Waals surface area contributed by atoms with Crippen LogP contribution in [0.1, 0.15) is 64.0 Å². The molecule has 0 saturated heterocycles. The highest BCUT2D eigenvalue weighted by Crippen LogP contribution is 2.22. The lowest BCUT2D eigenvalue weighted by Gasteiger charge is -2.31. The minimum Gasteiger partial charge on any atom is -0.354 e. The number of carbonyl (C=O) groups is 2. The number of anilines is 1. The van der Waals surface area contributed by atoms with Crippen LogP contribution in [0.25, 0.3) is 0 Å². The number of carbonyl (C=O) groups excluding carboxylic acids is 2. The van der Waals surface area contributed by atoms with Gasteiger partial charge in [-0.1, -0.05) is 69.1 Å². The van der Waals surface area contributed by atoms with E-state index < -0.39 is 16.1 Å². The molecule has 1 N–H and O–H groups in total. The zero-order chi connectivity index (χ0) is 27.4. The average Bonchev–Trinajstić information content (AvgIpc) is 2.87. The molecule has 2 aromatic carbocycles. The third-order valence-electron chi connectivity index (χ3n) is 6.30. The van der Waals surface area contributed by atoms with Crippen molar-refractivity contribution in [3.8, 4) is 0 Å². The molecule has 0 aliphatic rings. The number of sulfonamides is 1. The first-order valence-corrected chi connectivity index (χ1v) is 15.2. The smallest absolute Gasteiger partial charge is 0.242 e. The zero-order valence-electron chi connectivity index (χ0n) is 22.4. The second-order valence-corrected chi connectivity index (χ2v) is 11.5. The van der Waals surface area contributed by atoms with E-state index in [9.17, 15) is 18.0 Å². The number of halogens is 1. The van der Waals surface area contributed by atoms with E-state index >= 15 is 0 Å². The topological polar surface area (TPSA) is 86.8 Å². The molecule has 0 saturated carbocycles. The Kier molecular flexibility index (Phi) is 12.4. The summed E-state index contributed by atoms with van der Waals surface area (Å²) >= 11 is 6.38. The Bertz CT molecular complexity index is 1120. The van der Waals surface area contributed by atoms with E-state index in [1.807, 2.05) is 44.2 Å². The van der Waals surface area contributed by atoms with Crippen LogP contribution in [0.5, 0.6) is 0 Å². The summed E-state index contributed by atoms with van der Waals surface area (Å²) < 4.78 is 26.3. The van der Waals surface area contributed by atoms with E-state index in [4.69, 9.17) is 11.6 Å². The molecule has 0 radical (unpaired) electrons. The van der Waals surface area contributed by atoms with Gasteiger partial charge in [-0.2, -0.15) is 0 Å². The Balaban J connectivity index is 2.20. The molecule has 0 fully saturated rings. The number of unbranched alkanes of at least 4 members (excludes halogenated alkanes) is 1. The molecule has 0 aliphatic heterocycles. The third kappa shape index (κ3) is 9.34. The van der Waals surface area contributed by atoms with Crippen LogP contribution < -0.4 is 9.62 Å².